The largest absolute Gasteiger partial charge is 0.375 e. The first-order valence-electron chi connectivity index (χ1n) is 6.54. The van der Waals surface area contributed by atoms with Gasteiger partial charge >= 0.3 is 0 Å². The van der Waals surface area contributed by atoms with Crippen LogP contribution in [0.2, 0.25) is 0 Å². The van der Waals surface area contributed by atoms with Crippen LogP contribution < -0.4 is 16.0 Å². The predicted molar refractivity (Wildman–Crippen MR) is 94.4 cm³/mol. The number of unbranched alkanes of at least 4 members (excludes halogenated alkanes) is 1. The number of nitrogens with two attached hydrogens (primary N) is 1. The zero-order valence-corrected chi connectivity index (χ0v) is 14.6. The van der Waals surface area contributed by atoms with Crippen molar-refractivity contribution in [2.24, 2.45) is 10.7 Å². The highest BCUT2D eigenvalue weighted by molar-refractivity contribution is 14.0. The van der Waals surface area contributed by atoms with Crippen molar-refractivity contribution in [3.8, 4) is 0 Å². The second kappa shape index (κ2) is 9.79. The number of guanidine groups is 1. The molecule has 0 amide bonds. The monoisotopic (exact) mass is 394 g/mol. The van der Waals surface area contributed by atoms with E-state index in [1.807, 2.05) is 20.2 Å². The maximum Gasteiger partial charge on any atom is 0.188 e. The topological polar surface area (TPSA) is 53.6 Å². The molecule has 20 heavy (non-hydrogen) atoms. The molecule has 0 atom stereocenters. The van der Waals surface area contributed by atoms with Crippen molar-refractivity contribution in [1.29, 1.82) is 0 Å². The highest BCUT2D eigenvalue weighted by Gasteiger charge is 2.04. The van der Waals surface area contributed by atoms with E-state index < -0.39 is 0 Å². The molecule has 1 rings (SSSR count). The lowest BCUT2D eigenvalue weighted by atomic mass is 10.2. The summed E-state index contributed by atoms with van der Waals surface area (Å²) in [5.74, 6) is 0.167. The van der Waals surface area contributed by atoms with E-state index in [2.05, 4.69) is 17.2 Å². The zero-order valence-electron chi connectivity index (χ0n) is 12.3. The lowest BCUT2D eigenvalue weighted by Crippen LogP contribution is -2.32. The third-order valence-electron chi connectivity index (χ3n) is 2.76. The Kier molecular flexibility index (Phi) is 9.28. The molecule has 0 spiro atoms. The summed E-state index contributed by atoms with van der Waals surface area (Å²) in [4.78, 5) is 5.92. The quantitative estimate of drug-likeness (QED) is 0.338. The average Bonchev–Trinajstić information content (AvgIpc) is 2.36. The molecule has 1 aromatic carbocycles. The van der Waals surface area contributed by atoms with E-state index in [1.165, 1.54) is 6.07 Å². The van der Waals surface area contributed by atoms with Crippen molar-refractivity contribution in [3.63, 3.8) is 0 Å². The van der Waals surface area contributed by atoms with Crippen LogP contribution in [-0.2, 0) is 6.54 Å². The van der Waals surface area contributed by atoms with E-state index >= 15 is 0 Å². The van der Waals surface area contributed by atoms with Crippen molar-refractivity contribution in [2.75, 3.05) is 25.5 Å². The van der Waals surface area contributed by atoms with E-state index in [4.69, 9.17) is 5.73 Å². The molecule has 0 unspecified atom stereocenters. The molecule has 6 heteroatoms. The van der Waals surface area contributed by atoms with E-state index in [1.54, 1.807) is 11.0 Å². The zero-order chi connectivity index (χ0) is 14.3. The minimum atomic E-state index is -0.241. The first kappa shape index (κ1) is 18.9. The first-order chi connectivity index (χ1) is 9.04. The summed E-state index contributed by atoms with van der Waals surface area (Å²) < 4.78 is 13.7. The smallest absolute Gasteiger partial charge is 0.188 e. The Hall–Kier alpha value is -1.05. The maximum absolute atomic E-state index is 13.7. The molecular weight excluding hydrogens is 370 g/mol. The summed E-state index contributed by atoms with van der Waals surface area (Å²) in [7, 11) is 3.62. The van der Waals surface area contributed by atoms with Gasteiger partial charge in [0.1, 0.15) is 5.82 Å². The fourth-order valence-corrected chi connectivity index (χ4v) is 1.64. The summed E-state index contributed by atoms with van der Waals surface area (Å²) in [6.45, 7) is 3.32. The summed E-state index contributed by atoms with van der Waals surface area (Å²) in [6, 6.07) is 5.11. The second-order valence-corrected chi connectivity index (χ2v) is 4.66. The van der Waals surface area contributed by atoms with Gasteiger partial charge in [-0.2, -0.15) is 0 Å². The fraction of sp³-hybridized carbons (Fsp3) is 0.500. The number of halogens is 2. The number of rotatable bonds is 6. The van der Waals surface area contributed by atoms with Crippen molar-refractivity contribution < 1.29 is 4.39 Å². The van der Waals surface area contributed by atoms with Crippen LogP contribution in [0.4, 0.5) is 10.1 Å². The Bertz CT molecular complexity index is 435. The Morgan fingerprint density at radius 2 is 2.10 bits per heavy atom. The molecule has 0 aliphatic rings. The SMILES string of the molecule is CCCCNC(N)=NCc1ccc(N(C)C)c(F)c1.I. The van der Waals surface area contributed by atoms with Crippen LogP contribution in [0.3, 0.4) is 0 Å². The Labute approximate surface area is 137 Å². The molecule has 0 bridgehead atoms. The molecular formula is C14H24FIN4. The lowest BCUT2D eigenvalue weighted by molar-refractivity contribution is 0.624. The summed E-state index contributed by atoms with van der Waals surface area (Å²) in [5.41, 5.74) is 7.10. The number of aliphatic imine (C=N–C) groups is 1. The molecule has 0 fully saturated rings. The van der Waals surface area contributed by atoms with Gasteiger partial charge in [0.15, 0.2) is 5.96 Å². The summed E-state index contributed by atoms with van der Waals surface area (Å²) >= 11 is 0. The molecule has 1 aromatic rings. The van der Waals surface area contributed by atoms with Crippen LogP contribution in [0.15, 0.2) is 23.2 Å². The Morgan fingerprint density at radius 1 is 1.40 bits per heavy atom. The number of nitrogens with zero attached hydrogens (tertiary/aromatic N) is 2. The molecule has 0 aromatic heterocycles. The fourth-order valence-electron chi connectivity index (χ4n) is 1.64. The summed E-state index contributed by atoms with van der Waals surface area (Å²) in [5, 5.41) is 3.02. The van der Waals surface area contributed by atoms with Gasteiger partial charge in [0.25, 0.3) is 0 Å². The average molecular weight is 394 g/mol. The molecule has 0 aliphatic carbocycles. The minimum absolute atomic E-state index is 0. The minimum Gasteiger partial charge on any atom is -0.375 e. The van der Waals surface area contributed by atoms with Crippen molar-refractivity contribution in [2.45, 2.75) is 26.3 Å². The normalized spacial score (nSPS) is 10.9. The van der Waals surface area contributed by atoms with Crippen LogP contribution in [-0.4, -0.2) is 26.6 Å². The molecule has 3 N–H and O–H groups in total. The van der Waals surface area contributed by atoms with Crippen LogP contribution >= 0.6 is 24.0 Å². The number of benzene rings is 1. The maximum atomic E-state index is 13.7. The highest BCUT2D eigenvalue weighted by Crippen LogP contribution is 2.18. The molecule has 0 saturated heterocycles. The van der Waals surface area contributed by atoms with E-state index in [0.29, 0.717) is 18.2 Å². The number of nitrogens with one attached hydrogen (secondary N) is 1. The number of hydrogen-bond donors (Lipinski definition) is 2. The molecule has 0 radical (unpaired) electrons. The second-order valence-electron chi connectivity index (χ2n) is 4.66. The number of hydrogen-bond acceptors (Lipinski definition) is 2. The van der Waals surface area contributed by atoms with Crippen LogP contribution in [0, 0.1) is 5.82 Å². The van der Waals surface area contributed by atoms with Gasteiger partial charge in [0.2, 0.25) is 0 Å². The third-order valence-corrected chi connectivity index (χ3v) is 2.76. The van der Waals surface area contributed by atoms with Crippen molar-refractivity contribution in [1.82, 2.24) is 5.32 Å². The van der Waals surface area contributed by atoms with Crippen molar-refractivity contribution in [3.05, 3.63) is 29.6 Å². The van der Waals surface area contributed by atoms with Gasteiger partial charge in [-0.25, -0.2) is 9.38 Å². The van der Waals surface area contributed by atoms with Gasteiger partial charge in [0.05, 0.1) is 12.2 Å². The summed E-state index contributed by atoms with van der Waals surface area (Å²) in [6.07, 6.45) is 2.17. The van der Waals surface area contributed by atoms with Crippen LogP contribution in [0.25, 0.3) is 0 Å². The van der Waals surface area contributed by atoms with Gasteiger partial charge in [-0.05, 0) is 24.1 Å². The van der Waals surface area contributed by atoms with E-state index in [-0.39, 0.29) is 29.8 Å². The van der Waals surface area contributed by atoms with Gasteiger partial charge in [-0.15, -0.1) is 24.0 Å². The third kappa shape index (κ3) is 6.40. The standard InChI is InChI=1S/C14H23FN4.HI/c1-4-5-8-17-14(16)18-10-11-6-7-13(19(2)3)12(15)9-11;/h6-7,9H,4-5,8,10H2,1-3H3,(H3,16,17,18);1H. The van der Waals surface area contributed by atoms with Crippen molar-refractivity contribution >= 4 is 35.6 Å². The number of anilines is 1. The van der Waals surface area contributed by atoms with Crippen LogP contribution in [0.1, 0.15) is 25.3 Å². The van der Waals surface area contributed by atoms with Gasteiger partial charge < -0.3 is 16.0 Å². The molecule has 114 valence electrons. The lowest BCUT2D eigenvalue weighted by Gasteiger charge is -2.13. The first-order valence-corrected chi connectivity index (χ1v) is 6.54. The molecule has 4 nitrogen and oxygen atoms in total. The van der Waals surface area contributed by atoms with Crippen LogP contribution in [0.5, 0.6) is 0 Å². The molecule has 0 heterocycles. The van der Waals surface area contributed by atoms with Gasteiger partial charge in [-0.3, -0.25) is 0 Å². The molecule has 0 aliphatic heterocycles. The van der Waals surface area contributed by atoms with E-state index in [0.717, 1.165) is 24.9 Å². The predicted octanol–water partition coefficient (Wildman–Crippen LogP) is 2.71. The highest BCUT2D eigenvalue weighted by atomic mass is 127. The van der Waals surface area contributed by atoms with Gasteiger partial charge in [0, 0.05) is 20.6 Å². The Morgan fingerprint density at radius 3 is 2.65 bits per heavy atom. The molecule has 0 saturated carbocycles. The Balaban J connectivity index is 0.00000361. The van der Waals surface area contributed by atoms with E-state index in [9.17, 15) is 4.39 Å². The van der Waals surface area contributed by atoms with Gasteiger partial charge in [-0.1, -0.05) is 19.4 Å².